The van der Waals surface area contributed by atoms with Crippen LogP contribution >= 0.6 is 0 Å². The molecule has 2 rings (SSSR count). The normalized spacial score (nSPS) is 14.2. The molecule has 0 saturated carbocycles. The first-order valence-electron chi connectivity index (χ1n) is 6.49. The Morgan fingerprint density at radius 3 is 1.75 bits per heavy atom. The molecule has 2 N–H and O–H groups in total. The number of benzene rings is 2. The summed E-state index contributed by atoms with van der Waals surface area (Å²) in [5.41, 5.74) is 1.76. The van der Waals surface area contributed by atoms with Crippen molar-refractivity contribution in [2.24, 2.45) is 5.10 Å². The van der Waals surface area contributed by atoms with E-state index in [1.807, 2.05) is 60.7 Å². The van der Waals surface area contributed by atoms with Crippen molar-refractivity contribution < 1.29 is 10.2 Å². The summed E-state index contributed by atoms with van der Waals surface area (Å²) in [6.07, 6.45) is -0.512. The van der Waals surface area contributed by atoms with Gasteiger partial charge in [-0.1, -0.05) is 36.4 Å². The van der Waals surface area contributed by atoms with Gasteiger partial charge in [0.2, 0.25) is 0 Å². The highest BCUT2D eigenvalue weighted by molar-refractivity contribution is 5.70. The molecule has 0 saturated heterocycles. The van der Waals surface area contributed by atoms with Gasteiger partial charge in [0.15, 0.2) is 0 Å². The third kappa shape index (κ3) is 3.66. The minimum absolute atomic E-state index is 0.854. The molecule has 0 aliphatic rings. The second-order valence-electron chi connectivity index (χ2n) is 4.48. The zero-order valence-electron chi connectivity index (χ0n) is 11.3. The summed E-state index contributed by atoms with van der Waals surface area (Å²) in [7, 11) is 0. The molecule has 0 aliphatic carbocycles. The summed E-state index contributed by atoms with van der Waals surface area (Å²) in [5, 5.41) is 25.0. The van der Waals surface area contributed by atoms with Crippen LogP contribution in [0.2, 0.25) is 0 Å². The predicted molar refractivity (Wildman–Crippen MR) is 81.2 cm³/mol. The molecular formula is C16H18N2O2. The number of para-hydroxylation sites is 2. The van der Waals surface area contributed by atoms with E-state index < -0.39 is 12.2 Å². The second-order valence-corrected chi connectivity index (χ2v) is 4.48. The van der Waals surface area contributed by atoms with Crippen molar-refractivity contribution in [1.82, 2.24) is 0 Å². The van der Waals surface area contributed by atoms with Crippen LogP contribution < -0.4 is 5.01 Å². The van der Waals surface area contributed by atoms with Gasteiger partial charge < -0.3 is 10.2 Å². The average molecular weight is 270 g/mol. The van der Waals surface area contributed by atoms with Crippen LogP contribution in [0, 0.1) is 0 Å². The first-order chi connectivity index (χ1) is 9.68. The van der Waals surface area contributed by atoms with Crippen LogP contribution in [-0.2, 0) is 0 Å². The van der Waals surface area contributed by atoms with Crippen molar-refractivity contribution in [2.45, 2.75) is 19.1 Å². The molecular weight excluding hydrogens is 252 g/mol. The number of hydrogen-bond donors (Lipinski definition) is 2. The largest absolute Gasteiger partial charge is 0.390 e. The third-order valence-electron chi connectivity index (χ3n) is 2.83. The van der Waals surface area contributed by atoms with Crippen LogP contribution in [0.15, 0.2) is 65.8 Å². The second kappa shape index (κ2) is 6.84. The third-order valence-corrected chi connectivity index (χ3v) is 2.83. The van der Waals surface area contributed by atoms with Crippen molar-refractivity contribution in [3.05, 3.63) is 60.7 Å². The lowest BCUT2D eigenvalue weighted by molar-refractivity contribution is 0.0764. The SMILES string of the molecule is C[C@H](O)[C@@H](O)/C=N/N(c1ccccc1)c1ccccc1. The van der Waals surface area contributed by atoms with E-state index >= 15 is 0 Å². The Kier molecular flexibility index (Phi) is 4.87. The molecule has 0 radical (unpaired) electrons. The van der Waals surface area contributed by atoms with Crippen LogP contribution in [0.1, 0.15) is 6.92 Å². The molecule has 0 aliphatic heterocycles. The smallest absolute Gasteiger partial charge is 0.116 e. The maximum Gasteiger partial charge on any atom is 0.116 e. The summed E-state index contributed by atoms with van der Waals surface area (Å²) in [6.45, 7) is 1.52. The fourth-order valence-electron chi connectivity index (χ4n) is 1.68. The van der Waals surface area contributed by atoms with Gasteiger partial charge in [-0.15, -0.1) is 0 Å². The molecule has 0 fully saturated rings. The van der Waals surface area contributed by atoms with Gasteiger partial charge in [-0.2, -0.15) is 5.10 Å². The van der Waals surface area contributed by atoms with E-state index in [1.54, 1.807) is 5.01 Å². The van der Waals surface area contributed by atoms with E-state index in [9.17, 15) is 10.2 Å². The number of rotatable bonds is 5. The molecule has 4 nitrogen and oxygen atoms in total. The van der Waals surface area contributed by atoms with E-state index in [0.717, 1.165) is 11.4 Å². The number of nitrogens with zero attached hydrogens (tertiary/aromatic N) is 2. The zero-order chi connectivity index (χ0) is 14.4. The first-order valence-corrected chi connectivity index (χ1v) is 6.49. The van der Waals surface area contributed by atoms with Crippen LogP contribution in [0.3, 0.4) is 0 Å². The minimum Gasteiger partial charge on any atom is -0.390 e. The fourth-order valence-corrected chi connectivity index (χ4v) is 1.68. The molecule has 0 spiro atoms. The van der Waals surface area contributed by atoms with E-state index in [0.29, 0.717) is 0 Å². The summed E-state index contributed by atoms with van der Waals surface area (Å²) in [5.74, 6) is 0. The molecule has 20 heavy (non-hydrogen) atoms. The van der Waals surface area contributed by atoms with Gasteiger partial charge in [0.05, 0.1) is 23.7 Å². The molecule has 104 valence electrons. The van der Waals surface area contributed by atoms with Crippen LogP contribution in [-0.4, -0.2) is 28.6 Å². The van der Waals surface area contributed by atoms with Crippen molar-refractivity contribution >= 4 is 17.6 Å². The summed E-state index contributed by atoms with van der Waals surface area (Å²) >= 11 is 0. The Morgan fingerprint density at radius 2 is 1.35 bits per heavy atom. The molecule has 0 bridgehead atoms. The molecule has 0 heterocycles. The maximum atomic E-state index is 9.64. The number of aliphatic hydroxyl groups excluding tert-OH is 2. The molecule has 2 atom stereocenters. The lowest BCUT2D eigenvalue weighted by Gasteiger charge is -2.20. The fraction of sp³-hybridized carbons (Fsp3) is 0.188. The zero-order valence-corrected chi connectivity index (χ0v) is 11.3. The first kappa shape index (κ1) is 14.2. The molecule has 2 aromatic carbocycles. The van der Waals surface area contributed by atoms with Gasteiger partial charge in [0.25, 0.3) is 0 Å². The van der Waals surface area contributed by atoms with E-state index in [2.05, 4.69) is 5.10 Å². The van der Waals surface area contributed by atoms with Gasteiger partial charge in [-0.05, 0) is 31.2 Å². The van der Waals surface area contributed by atoms with Crippen LogP contribution in [0.4, 0.5) is 11.4 Å². The number of anilines is 2. The van der Waals surface area contributed by atoms with Gasteiger partial charge in [-0.3, -0.25) is 0 Å². The summed E-state index contributed by atoms with van der Waals surface area (Å²) in [4.78, 5) is 0. The lowest BCUT2D eigenvalue weighted by Crippen LogP contribution is -2.25. The van der Waals surface area contributed by atoms with Gasteiger partial charge in [0.1, 0.15) is 6.10 Å². The van der Waals surface area contributed by atoms with Crippen molar-refractivity contribution in [2.75, 3.05) is 5.01 Å². The summed E-state index contributed by atoms with van der Waals surface area (Å²) in [6, 6.07) is 19.3. The van der Waals surface area contributed by atoms with Crippen molar-refractivity contribution in [3.63, 3.8) is 0 Å². The van der Waals surface area contributed by atoms with E-state index in [4.69, 9.17) is 0 Å². The topological polar surface area (TPSA) is 56.1 Å². The Balaban J connectivity index is 2.31. The predicted octanol–water partition coefficient (Wildman–Crippen LogP) is 2.55. The molecule has 4 heteroatoms. The highest BCUT2D eigenvalue weighted by Crippen LogP contribution is 2.24. The lowest BCUT2D eigenvalue weighted by atomic mass is 10.2. The Morgan fingerprint density at radius 1 is 0.900 bits per heavy atom. The molecule has 0 aromatic heterocycles. The molecule has 2 aromatic rings. The van der Waals surface area contributed by atoms with Crippen LogP contribution in [0.5, 0.6) is 0 Å². The molecule has 0 amide bonds. The average Bonchev–Trinajstić information content (AvgIpc) is 2.49. The quantitative estimate of drug-likeness (QED) is 0.648. The standard InChI is InChI=1S/C16H18N2O2/c1-13(19)16(20)12-17-18(14-8-4-2-5-9-14)15-10-6-3-7-11-15/h2-13,16,19-20H,1H3/b17-12+/t13-,16-/m0/s1. The van der Waals surface area contributed by atoms with E-state index in [1.165, 1.54) is 13.1 Å². The summed E-state index contributed by atoms with van der Waals surface area (Å²) < 4.78 is 0. The van der Waals surface area contributed by atoms with Crippen LogP contribution in [0.25, 0.3) is 0 Å². The van der Waals surface area contributed by atoms with Crippen molar-refractivity contribution in [1.29, 1.82) is 0 Å². The number of hydrogen-bond acceptors (Lipinski definition) is 4. The van der Waals surface area contributed by atoms with Gasteiger partial charge in [-0.25, -0.2) is 5.01 Å². The number of aliphatic hydroxyl groups is 2. The monoisotopic (exact) mass is 270 g/mol. The number of hydrazone groups is 1. The Bertz CT molecular complexity index is 501. The Labute approximate surface area is 118 Å². The van der Waals surface area contributed by atoms with Gasteiger partial charge in [0, 0.05) is 0 Å². The highest BCUT2D eigenvalue weighted by atomic mass is 16.3. The minimum atomic E-state index is -0.995. The maximum absolute atomic E-state index is 9.64. The van der Waals surface area contributed by atoms with Gasteiger partial charge >= 0.3 is 0 Å². The molecule has 0 unspecified atom stereocenters. The Hall–Kier alpha value is -2.17. The van der Waals surface area contributed by atoms with Crippen molar-refractivity contribution in [3.8, 4) is 0 Å². The highest BCUT2D eigenvalue weighted by Gasteiger charge is 2.10. The van der Waals surface area contributed by atoms with E-state index in [-0.39, 0.29) is 0 Å².